The van der Waals surface area contributed by atoms with Crippen LogP contribution in [0.1, 0.15) is 19.8 Å². The summed E-state index contributed by atoms with van der Waals surface area (Å²) in [5, 5.41) is 13.5. The first-order chi connectivity index (χ1) is 8.99. The van der Waals surface area contributed by atoms with Crippen molar-refractivity contribution in [1.29, 1.82) is 0 Å². The lowest BCUT2D eigenvalue weighted by Crippen LogP contribution is -2.41. The smallest absolute Gasteiger partial charge is 0.303 e. The molecule has 0 bridgehead atoms. The van der Waals surface area contributed by atoms with Gasteiger partial charge < -0.3 is 15.7 Å². The monoisotopic (exact) mass is 264 g/mol. The Bertz CT molecular complexity index is 459. The molecule has 0 radical (unpaired) electrons. The van der Waals surface area contributed by atoms with Crippen LogP contribution in [0.4, 0.5) is 5.69 Å². The Labute approximate surface area is 110 Å². The number of carboxylic acid groups (broad SMARTS) is 1. The summed E-state index contributed by atoms with van der Waals surface area (Å²) in [6.45, 7) is 1.54. The molecule has 0 saturated heterocycles. The third kappa shape index (κ3) is 5.67. The van der Waals surface area contributed by atoms with E-state index in [4.69, 9.17) is 5.11 Å². The zero-order valence-electron chi connectivity index (χ0n) is 10.6. The Balaban J connectivity index is 2.40. The van der Waals surface area contributed by atoms with Crippen LogP contribution >= 0.6 is 0 Å². The number of anilines is 1. The molecule has 102 valence electrons. The number of carboxylic acids is 1. The molecule has 2 amide bonds. The zero-order chi connectivity index (χ0) is 14.3. The molecule has 0 aliphatic heterocycles. The number of carbonyl (C=O) groups excluding carboxylic acids is 2. The van der Waals surface area contributed by atoms with Gasteiger partial charge in [0.15, 0.2) is 0 Å². The van der Waals surface area contributed by atoms with Gasteiger partial charge in [-0.2, -0.15) is 0 Å². The van der Waals surface area contributed by atoms with Crippen LogP contribution in [-0.2, 0) is 14.4 Å². The summed E-state index contributed by atoms with van der Waals surface area (Å²) in [7, 11) is 0. The summed E-state index contributed by atoms with van der Waals surface area (Å²) >= 11 is 0. The van der Waals surface area contributed by atoms with E-state index in [1.54, 1.807) is 24.3 Å². The van der Waals surface area contributed by atoms with Crippen molar-refractivity contribution >= 4 is 23.5 Å². The normalized spacial score (nSPS) is 11.4. The van der Waals surface area contributed by atoms with E-state index in [0.29, 0.717) is 5.69 Å². The van der Waals surface area contributed by atoms with Crippen molar-refractivity contribution in [2.75, 3.05) is 5.32 Å². The Morgan fingerprint density at radius 3 is 2.37 bits per heavy atom. The lowest BCUT2D eigenvalue weighted by molar-refractivity contribution is -0.139. The molecule has 0 aromatic heterocycles. The van der Waals surface area contributed by atoms with Crippen molar-refractivity contribution in [2.45, 2.75) is 25.8 Å². The highest BCUT2D eigenvalue weighted by Crippen LogP contribution is 2.05. The predicted octanol–water partition coefficient (Wildman–Crippen LogP) is 0.995. The van der Waals surface area contributed by atoms with Gasteiger partial charge in [0.1, 0.15) is 6.04 Å². The van der Waals surface area contributed by atoms with Crippen molar-refractivity contribution in [2.24, 2.45) is 0 Å². The maximum Gasteiger partial charge on any atom is 0.303 e. The summed E-state index contributed by atoms with van der Waals surface area (Å²) in [5.74, 6) is -1.86. The van der Waals surface area contributed by atoms with E-state index in [9.17, 15) is 14.4 Å². The lowest BCUT2D eigenvalue weighted by Gasteiger charge is -2.13. The fourth-order valence-corrected chi connectivity index (χ4v) is 1.37. The van der Waals surface area contributed by atoms with Crippen LogP contribution in [0.25, 0.3) is 0 Å². The van der Waals surface area contributed by atoms with E-state index >= 15 is 0 Å². The quantitative estimate of drug-likeness (QED) is 0.714. The minimum absolute atomic E-state index is 0.141. The van der Waals surface area contributed by atoms with Crippen LogP contribution in [0.2, 0.25) is 0 Å². The molecule has 3 N–H and O–H groups in total. The average molecular weight is 264 g/mol. The van der Waals surface area contributed by atoms with E-state index in [1.165, 1.54) is 6.92 Å². The van der Waals surface area contributed by atoms with Crippen LogP contribution in [-0.4, -0.2) is 28.9 Å². The molecule has 0 aliphatic rings. The molecule has 1 unspecified atom stereocenters. The summed E-state index contributed by atoms with van der Waals surface area (Å²) < 4.78 is 0. The molecule has 0 fully saturated rings. The van der Waals surface area contributed by atoms with Crippen molar-refractivity contribution in [3.63, 3.8) is 0 Å². The number of rotatable bonds is 6. The second-order valence-corrected chi connectivity index (χ2v) is 4.04. The number of benzene rings is 1. The SMILES string of the molecule is CC(NC(=O)CCC(=O)O)C(=O)Nc1ccccc1. The molecule has 1 aromatic carbocycles. The standard InChI is InChI=1S/C13H16N2O4/c1-9(14-11(16)7-8-12(17)18)13(19)15-10-5-3-2-4-6-10/h2-6,9H,7-8H2,1H3,(H,14,16)(H,15,19)(H,17,18). The predicted molar refractivity (Wildman–Crippen MR) is 69.5 cm³/mol. The third-order valence-corrected chi connectivity index (χ3v) is 2.38. The Hall–Kier alpha value is -2.37. The van der Waals surface area contributed by atoms with E-state index < -0.39 is 17.9 Å². The van der Waals surface area contributed by atoms with Gasteiger partial charge in [-0.25, -0.2) is 0 Å². The first-order valence-corrected chi connectivity index (χ1v) is 5.86. The highest BCUT2D eigenvalue weighted by Gasteiger charge is 2.16. The van der Waals surface area contributed by atoms with Gasteiger partial charge in [-0.15, -0.1) is 0 Å². The molecular weight excluding hydrogens is 248 g/mol. The van der Waals surface area contributed by atoms with Crippen LogP contribution in [0.5, 0.6) is 0 Å². The second-order valence-electron chi connectivity index (χ2n) is 4.04. The molecule has 0 heterocycles. The molecular formula is C13H16N2O4. The minimum atomic E-state index is -1.04. The largest absolute Gasteiger partial charge is 0.481 e. The highest BCUT2D eigenvalue weighted by atomic mass is 16.4. The topological polar surface area (TPSA) is 95.5 Å². The molecule has 0 spiro atoms. The molecule has 1 rings (SSSR count). The lowest BCUT2D eigenvalue weighted by atomic mass is 10.2. The van der Waals surface area contributed by atoms with Gasteiger partial charge in [0, 0.05) is 12.1 Å². The number of amides is 2. The van der Waals surface area contributed by atoms with Crippen LogP contribution in [0, 0.1) is 0 Å². The number of nitrogens with one attached hydrogen (secondary N) is 2. The molecule has 1 atom stereocenters. The van der Waals surface area contributed by atoms with Crippen molar-refractivity contribution < 1.29 is 19.5 Å². The number of para-hydroxylation sites is 1. The van der Waals surface area contributed by atoms with Gasteiger partial charge in [-0.1, -0.05) is 18.2 Å². The fraction of sp³-hybridized carbons (Fsp3) is 0.308. The van der Waals surface area contributed by atoms with Gasteiger partial charge in [-0.3, -0.25) is 14.4 Å². The summed E-state index contributed by atoms with van der Waals surface area (Å²) in [4.78, 5) is 33.4. The molecule has 0 saturated carbocycles. The maximum atomic E-state index is 11.7. The van der Waals surface area contributed by atoms with E-state index in [0.717, 1.165) is 0 Å². The maximum absolute atomic E-state index is 11.7. The van der Waals surface area contributed by atoms with Gasteiger partial charge in [0.25, 0.3) is 0 Å². The average Bonchev–Trinajstić information content (AvgIpc) is 2.37. The van der Waals surface area contributed by atoms with Crippen molar-refractivity contribution in [3.05, 3.63) is 30.3 Å². The molecule has 6 heteroatoms. The van der Waals surface area contributed by atoms with Crippen LogP contribution in [0.3, 0.4) is 0 Å². The van der Waals surface area contributed by atoms with Crippen LogP contribution < -0.4 is 10.6 Å². The molecule has 1 aromatic rings. The van der Waals surface area contributed by atoms with Gasteiger partial charge in [-0.05, 0) is 19.1 Å². The van der Waals surface area contributed by atoms with E-state index in [-0.39, 0.29) is 18.7 Å². The van der Waals surface area contributed by atoms with Gasteiger partial charge in [0.2, 0.25) is 11.8 Å². The number of carbonyl (C=O) groups is 3. The summed E-state index contributed by atoms with van der Waals surface area (Å²) in [6, 6.07) is 8.14. The van der Waals surface area contributed by atoms with E-state index in [2.05, 4.69) is 10.6 Å². The summed E-state index contributed by atoms with van der Waals surface area (Å²) in [5.41, 5.74) is 0.638. The number of aliphatic carboxylic acids is 1. The second kappa shape index (κ2) is 7.15. The first kappa shape index (κ1) is 14.7. The Morgan fingerprint density at radius 1 is 1.16 bits per heavy atom. The highest BCUT2D eigenvalue weighted by molar-refractivity contribution is 5.97. The number of hydrogen-bond acceptors (Lipinski definition) is 3. The van der Waals surface area contributed by atoms with Gasteiger partial charge >= 0.3 is 5.97 Å². The number of hydrogen-bond donors (Lipinski definition) is 3. The van der Waals surface area contributed by atoms with Crippen LogP contribution in [0.15, 0.2) is 30.3 Å². The van der Waals surface area contributed by atoms with Gasteiger partial charge in [0.05, 0.1) is 6.42 Å². The Morgan fingerprint density at radius 2 is 1.79 bits per heavy atom. The zero-order valence-corrected chi connectivity index (χ0v) is 10.6. The fourth-order valence-electron chi connectivity index (χ4n) is 1.37. The first-order valence-electron chi connectivity index (χ1n) is 5.86. The molecule has 19 heavy (non-hydrogen) atoms. The summed E-state index contributed by atoms with van der Waals surface area (Å²) in [6.07, 6.45) is -0.392. The third-order valence-electron chi connectivity index (χ3n) is 2.38. The van der Waals surface area contributed by atoms with Crippen molar-refractivity contribution in [1.82, 2.24) is 5.32 Å². The molecule has 0 aliphatic carbocycles. The molecule has 6 nitrogen and oxygen atoms in total. The minimum Gasteiger partial charge on any atom is -0.481 e. The Kier molecular flexibility index (Phi) is 5.53. The van der Waals surface area contributed by atoms with Crippen molar-refractivity contribution in [3.8, 4) is 0 Å². The van der Waals surface area contributed by atoms with E-state index in [1.807, 2.05) is 6.07 Å².